The first-order valence-corrected chi connectivity index (χ1v) is 8.49. The number of benzene rings is 1. The maximum absolute atomic E-state index is 6.20. The number of hydrogen-bond donors (Lipinski definition) is 1. The molecule has 1 aromatic heterocycles. The van der Waals surface area contributed by atoms with Gasteiger partial charge in [0, 0.05) is 23.0 Å². The van der Waals surface area contributed by atoms with Gasteiger partial charge in [-0.05, 0) is 43.9 Å². The summed E-state index contributed by atoms with van der Waals surface area (Å²) in [6.45, 7) is 2.17. The van der Waals surface area contributed by atoms with Crippen molar-refractivity contribution in [3.8, 4) is 0 Å². The van der Waals surface area contributed by atoms with Crippen molar-refractivity contribution in [2.75, 3.05) is 11.9 Å². The second-order valence-electron chi connectivity index (χ2n) is 5.65. The Morgan fingerprint density at radius 3 is 3.00 bits per heavy atom. The minimum atomic E-state index is 0.162. The summed E-state index contributed by atoms with van der Waals surface area (Å²) in [5, 5.41) is 1.82. The topological polar surface area (TPSA) is 42.2 Å². The van der Waals surface area contributed by atoms with Crippen LogP contribution in [-0.4, -0.2) is 12.0 Å². The molecule has 2 N–H and O–H groups in total. The van der Waals surface area contributed by atoms with Crippen LogP contribution in [0.3, 0.4) is 0 Å². The van der Waals surface area contributed by atoms with Gasteiger partial charge in [0.15, 0.2) is 5.13 Å². The zero-order valence-corrected chi connectivity index (χ0v) is 13.9. The standard InChI is InChI=1S/C16H20ClN3S/c1-10(11-5-3-6-12(17)9-11)20(2)16-19-14-8-4-7-13(18)15(14)21-16/h3,5-6,9-10,13H,4,7-8,18H2,1-2H3. The van der Waals surface area contributed by atoms with Crippen molar-refractivity contribution in [2.45, 2.75) is 38.3 Å². The fraction of sp³-hybridized carbons (Fsp3) is 0.438. The van der Waals surface area contributed by atoms with E-state index < -0.39 is 0 Å². The highest BCUT2D eigenvalue weighted by Gasteiger charge is 2.24. The van der Waals surface area contributed by atoms with Crippen LogP contribution in [-0.2, 0) is 6.42 Å². The zero-order valence-electron chi connectivity index (χ0n) is 12.3. The molecule has 21 heavy (non-hydrogen) atoms. The molecular formula is C16H20ClN3S. The lowest BCUT2D eigenvalue weighted by Crippen LogP contribution is -2.21. The van der Waals surface area contributed by atoms with Crippen LogP contribution >= 0.6 is 22.9 Å². The first-order chi connectivity index (χ1) is 10.1. The molecule has 0 fully saturated rings. The Morgan fingerprint density at radius 1 is 1.48 bits per heavy atom. The number of anilines is 1. The van der Waals surface area contributed by atoms with E-state index in [2.05, 4.69) is 24.9 Å². The SMILES string of the molecule is CC(c1cccc(Cl)c1)N(C)c1nc2c(s1)C(N)CCC2. The molecule has 5 heteroatoms. The molecule has 3 rings (SSSR count). The lowest BCUT2D eigenvalue weighted by atomic mass is 9.99. The Bertz CT molecular complexity index is 640. The first-order valence-electron chi connectivity index (χ1n) is 7.29. The number of nitrogens with zero attached hydrogens (tertiary/aromatic N) is 2. The van der Waals surface area contributed by atoms with Gasteiger partial charge in [-0.3, -0.25) is 0 Å². The Morgan fingerprint density at radius 2 is 2.29 bits per heavy atom. The van der Waals surface area contributed by atoms with Crippen LogP contribution in [0.2, 0.25) is 5.02 Å². The molecule has 0 saturated carbocycles. The normalized spacial score (nSPS) is 19.1. The van der Waals surface area contributed by atoms with Gasteiger partial charge in [0.05, 0.1) is 11.7 Å². The summed E-state index contributed by atoms with van der Waals surface area (Å²) in [6, 6.07) is 8.40. The Hall–Kier alpha value is -1.10. The number of hydrogen-bond acceptors (Lipinski definition) is 4. The highest BCUT2D eigenvalue weighted by atomic mass is 35.5. The summed E-state index contributed by atoms with van der Waals surface area (Å²) in [5.74, 6) is 0. The molecule has 1 aliphatic rings. The summed E-state index contributed by atoms with van der Waals surface area (Å²) in [4.78, 5) is 8.28. The average Bonchev–Trinajstić information content (AvgIpc) is 2.91. The van der Waals surface area contributed by atoms with E-state index >= 15 is 0 Å². The van der Waals surface area contributed by atoms with Gasteiger partial charge >= 0.3 is 0 Å². The van der Waals surface area contributed by atoms with Crippen molar-refractivity contribution in [3.05, 3.63) is 45.4 Å². The molecule has 112 valence electrons. The largest absolute Gasteiger partial charge is 0.344 e. The first kappa shape index (κ1) is 14.8. The maximum Gasteiger partial charge on any atom is 0.186 e. The van der Waals surface area contributed by atoms with Crippen LogP contribution < -0.4 is 10.6 Å². The number of aromatic nitrogens is 1. The van der Waals surface area contributed by atoms with Crippen LogP contribution in [0, 0.1) is 0 Å². The van der Waals surface area contributed by atoms with E-state index in [4.69, 9.17) is 22.3 Å². The fourth-order valence-electron chi connectivity index (χ4n) is 2.75. The van der Waals surface area contributed by atoms with Crippen molar-refractivity contribution < 1.29 is 0 Å². The molecule has 0 aliphatic heterocycles. The fourth-order valence-corrected chi connectivity index (χ4v) is 4.13. The monoisotopic (exact) mass is 321 g/mol. The molecule has 2 aromatic rings. The Balaban J connectivity index is 1.86. The van der Waals surface area contributed by atoms with E-state index in [1.807, 2.05) is 18.2 Å². The van der Waals surface area contributed by atoms with Crippen LogP contribution in [0.1, 0.15) is 48.0 Å². The van der Waals surface area contributed by atoms with Gasteiger partial charge in [-0.25, -0.2) is 4.98 Å². The van der Waals surface area contributed by atoms with Crippen molar-refractivity contribution in [2.24, 2.45) is 5.73 Å². The van der Waals surface area contributed by atoms with E-state index in [0.29, 0.717) is 0 Å². The van der Waals surface area contributed by atoms with Gasteiger partial charge in [-0.1, -0.05) is 35.1 Å². The smallest absolute Gasteiger partial charge is 0.186 e. The van der Waals surface area contributed by atoms with E-state index in [9.17, 15) is 0 Å². The van der Waals surface area contributed by atoms with Gasteiger partial charge in [-0.2, -0.15) is 0 Å². The molecule has 1 heterocycles. The molecule has 0 spiro atoms. The molecular weight excluding hydrogens is 302 g/mol. The minimum Gasteiger partial charge on any atom is -0.344 e. The summed E-state index contributed by atoms with van der Waals surface area (Å²) >= 11 is 7.83. The van der Waals surface area contributed by atoms with Crippen molar-refractivity contribution >= 4 is 28.1 Å². The highest BCUT2D eigenvalue weighted by Crippen LogP contribution is 2.38. The molecule has 0 bridgehead atoms. The van der Waals surface area contributed by atoms with Gasteiger partial charge < -0.3 is 10.6 Å². The average molecular weight is 322 g/mol. The highest BCUT2D eigenvalue weighted by molar-refractivity contribution is 7.15. The minimum absolute atomic E-state index is 0.162. The van der Waals surface area contributed by atoms with E-state index in [1.165, 1.54) is 16.1 Å². The molecule has 2 unspecified atom stereocenters. The van der Waals surface area contributed by atoms with Crippen molar-refractivity contribution in [1.82, 2.24) is 4.98 Å². The second-order valence-corrected chi connectivity index (χ2v) is 7.09. The van der Waals surface area contributed by atoms with Gasteiger partial charge in [0.1, 0.15) is 0 Å². The molecule has 1 aromatic carbocycles. The third-order valence-corrected chi connectivity index (χ3v) is 5.75. The molecule has 0 radical (unpaired) electrons. The van der Waals surface area contributed by atoms with Crippen LogP contribution in [0.15, 0.2) is 24.3 Å². The third kappa shape index (κ3) is 2.93. The second kappa shape index (κ2) is 5.95. The predicted molar refractivity (Wildman–Crippen MR) is 90.3 cm³/mol. The van der Waals surface area contributed by atoms with Crippen LogP contribution in [0.25, 0.3) is 0 Å². The maximum atomic E-state index is 6.20. The van der Waals surface area contributed by atoms with Gasteiger partial charge in [0.25, 0.3) is 0 Å². The Kier molecular flexibility index (Phi) is 4.20. The summed E-state index contributed by atoms with van der Waals surface area (Å²) < 4.78 is 0. The van der Waals surface area contributed by atoms with E-state index in [1.54, 1.807) is 11.3 Å². The van der Waals surface area contributed by atoms with E-state index in [-0.39, 0.29) is 12.1 Å². The zero-order chi connectivity index (χ0) is 15.0. The summed E-state index contributed by atoms with van der Waals surface area (Å²) in [6.07, 6.45) is 3.27. The molecule has 0 saturated heterocycles. The molecule has 2 atom stereocenters. The van der Waals surface area contributed by atoms with Crippen LogP contribution in [0.5, 0.6) is 0 Å². The number of aryl methyl sites for hydroxylation is 1. The number of thiazole rings is 1. The molecule has 0 amide bonds. The lowest BCUT2D eigenvalue weighted by Gasteiger charge is -2.24. The quantitative estimate of drug-likeness (QED) is 0.915. The number of fused-ring (bicyclic) bond motifs is 1. The molecule has 3 nitrogen and oxygen atoms in total. The summed E-state index contributed by atoms with van der Waals surface area (Å²) in [7, 11) is 2.08. The van der Waals surface area contributed by atoms with Gasteiger partial charge in [0.2, 0.25) is 0 Å². The number of rotatable bonds is 3. The third-order valence-electron chi connectivity index (χ3n) is 4.20. The Labute approximate surface area is 134 Å². The van der Waals surface area contributed by atoms with Crippen molar-refractivity contribution in [3.63, 3.8) is 0 Å². The van der Waals surface area contributed by atoms with E-state index in [0.717, 1.165) is 29.4 Å². The predicted octanol–water partition coefficient (Wildman–Crippen LogP) is 4.33. The number of nitrogens with two attached hydrogens (primary N) is 1. The lowest BCUT2D eigenvalue weighted by molar-refractivity contribution is 0.573. The number of halogens is 1. The summed E-state index contributed by atoms with van der Waals surface area (Å²) in [5.41, 5.74) is 8.59. The molecule has 1 aliphatic carbocycles. The van der Waals surface area contributed by atoms with Crippen molar-refractivity contribution in [1.29, 1.82) is 0 Å². The van der Waals surface area contributed by atoms with Gasteiger partial charge in [-0.15, -0.1) is 0 Å². The van der Waals surface area contributed by atoms with Crippen LogP contribution in [0.4, 0.5) is 5.13 Å².